The molecule has 0 aromatic rings. The zero-order valence-corrected chi connectivity index (χ0v) is 11.3. The van der Waals surface area contributed by atoms with Gasteiger partial charge in [0, 0.05) is 17.9 Å². The Morgan fingerprint density at radius 1 is 1.24 bits per heavy atom. The highest BCUT2D eigenvalue weighted by Gasteiger charge is 2.29. The fraction of sp³-hybridized carbons (Fsp3) is 1.00. The number of rotatable bonds is 6. The molecule has 1 rings (SSSR count). The van der Waals surface area contributed by atoms with E-state index in [4.69, 9.17) is 0 Å². The normalized spacial score (nSPS) is 21.4. The molecular formula is C13H26N2O2. The van der Waals surface area contributed by atoms with E-state index in [0.29, 0.717) is 12.0 Å². The molecule has 0 amide bonds. The smallest absolute Gasteiger partial charge is 0.225 e. The summed E-state index contributed by atoms with van der Waals surface area (Å²) >= 11 is 0. The summed E-state index contributed by atoms with van der Waals surface area (Å²) in [5, 5.41) is 14.5. The lowest BCUT2D eigenvalue weighted by molar-refractivity contribution is -0.523. The van der Waals surface area contributed by atoms with Crippen LogP contribution in [0, 0.1) is 16.0 Å². The van der Waals surface area contributed by atoms with Crippen LogP contribution >= 0.6 is 0 Å². The standard InChI is InChI=1S/C13H26N2O2/c1-10(2)9-13(11(3)15(16)17)14-12-7-5-4-6-8-12/h10-14H,4-9H2,1-3H3/t11-,13+/m0/s1. The van der Waals surface area contributed by atoms with Gasteiger partial charge in [0.05, 0.1) is 6.04 Å². The molecule has 0 aliphatic heterocycles. The van der Waals surface area contributed by atoms with Crippen LogP contribution in [0.5, 0.6) is 0 Å². The Bertz CT molecular complexity index is 238. The third kappa shape index (κ3) is 5.02. The van der Waals surface area contributed by atoms with Crippen LogP contribution in [0.15, 0.2) is 0 Å². The summed E-state index contributed by atoms with van der Waals surface area (Å²) in [5.74, 6) is 0.499. The molecule has 1 saturated carbocycles. The zero-order valence-electron chi connectivity index (χ0n) is 11.3. The second-order valence-electron chi connectivity index (χ2n) is 5.76. The molecule has 0 bridgehead atoms. The van der Waals surface area contributed by atoms with Crippen molar-refractivity contribution < 1.29 is 4.92 Å². The van der Waals surface area contributed by atoms with Crippen LogP contribution in [0.1, 0.15) is 59.3 Å². The Morgan fingerprint density at radius 2 is 1.82 bits per heavy atom. The van der Waals surface area contributed by atoms with Gasteiger partial charge in [-0.1, -0.05) is 33.1 Å². The van der Waals surface area contributed by atoms with Gasteiger partial charge in [0.2, 0.25) is 6.04 Å². The van der Waals surface area contributed by atoms with Gasteiger partial charge in [-0.25, -0.2) is 0 Å². The van der Waals surface area contributed by atoms with Gasteiger partial charge >= 0.3 is 0 Å². The fourth-order valence-electron chi connectivity index (χ4n) is 2.63. The third-order valence-electron chi connectivity index (χ3n) is 3.70. The molecule has 2 atom stereocenters. The maximum absolute atomic E-state index is 10.9. The quantitative estimate of drug-likeness (QED) is 0.575. The molecule has 0 radical (unpaired) electrons. The SMILES string of the molecule is CC(C)C[C@@H](NC1CCCCC1)[C@H](C)[N+](=O)[O-]. The van der Waals surface area contributed by atoms with Crippen molar-refractivity contribution in [1.82, 2.24) is 5.32 Å². The summed E-state index contributed by atoms with van der Waals surface area (Å²) in [5.41, 5.74) is 0. The number of nitrogens with one attached hydrogen (secondary N) is 1. The summed E-state index contributed by atoms with van der Waals surface area (Å²) in [6.45, 7) is 5.98. The Morgan fingerprint density at radius 3 is 2.29 bits per heavy atom. The average molecular weight is 242 g/mol. The van der Waals surface area contributed by atoms with Crippen molar-refractivity contribution in [2.45, 2.75) is 77.4 Å². The molecule has 0 heterocycles. The lowest BCUT2D eigenvalue weighted by atomic mass is 9.92. The minimum Gasteiger partial charge on any atom is -0.305 e. The molecule has 100 valence electrons. The van der Waals surface area contributed by atoms with Gasteiger partial charge in [-0.3, -0.25) is 10.1 Å². The molecule has 4 nitrogen and oxygen atoms in total. The fourth-order valence-corrected chi connectivity index (χ4v) is 2.63. The highest BCUT2D eigenvalue weighted by Crippen LogP contribution is 2.20. The van der Waals surface area contributed by atoms with Gasteiger partial charge in [-0.2, -0.15) is 0 Å². The third-order valence-corrected chi connectivity index (χ3v) is 3.70. The lowest BCUT2D eigenvalue weighted by Crippen LogP contribution is -2.48. The first-order valence-electron chi connectivity index (χ1n) is 6.90. The maximum Gasteiger partial charge on any atom is 0.225 e. The number of hydrogen-bond donors (Lipinski definition) is 1. The lowest BCUT2D eigenvalue weighted by Gasteiger charge is -2.29. The Balaban J connectivity index is 2.52. The minimum atomic E-state index is -0.487. The summed E-state index contributed by atoms with van der Waals surface area (Å²) in [6.07, 6.45) is 7.09. The molecular weight excluding hydrogens is 216 g/mol. The zero-order chi connectivity index (χ0) is 12.8. The van der Waals surface area contributed by atoms with Crippen molar-refractivity contribution in [1.29, 1.82) is 0 Å². The van der Waals surface area contributed by atoms with Gasteiger partial charge in [0.25, 0.3) is 0 Å². The summed E-state index contributed by atoms with van der Waals surface area (Å²) in [7, 11) is 0. The molecule has 0 spiro atoms. The van der Waals surface area contributed by atoms with Crippen LogP contribution in [0.4, 0.5) is 0 Å². The van der Waals surface area contributed by atoms with E-state index in [2.05, 4.69) is 19.2 Å². The van der Waals surface area contributed by atoms with Crippen LogP contribution in [-0.2, 0) is 0 Å². The van der Waals surface area contributed by atoms with Crippen LogP contribution in [0.3, 0.4) is 0 Å². The van der Waals surface area contributed by atoms with E-state index in [-0.39, 0.29) is 11.0 Å². The van der Waals surface area contributed by atoms with E-state index >= 15 is 0 Å². The first-order valence-corrected chi connectivity index (χ1v) is 6.90. The Labute approximate surface area is 104 Å². The van der Waals surface area contributed by atoms with Crippen molar-refractivity contribution in [2.24, 2.45) is 5.92 Å². The molecule has 4 heteroatoms. The van der Waals surface area contributed by atoms with Gasteiger partial charge in [0.15, 0.2) is 0 Å². The predicted molar refractivity (Wildman–Crippen MR) is 69.7 cm³/mol. The maximum atomic E-state index is 10.9. The molecule has 0 aromatic heterocycles. The van der Waals surface area contributed by atoms with Crippen molar-refractivity contribution in [3.8, 4) is 0 Å². The first kappa shape index (κ1) is 14.4. The van der Waals surface area contributed by atoms with E-state index in [9.17, 15) is 10.1 Å². The van der Waals surface area contributed by atoms with Gasteiger partial charge in [0.1, 0.15) is 0 Å². The van der Waals surface area contributed by atoms with E-state index in [1.165, 1.54) is 32.1 Å². The minimum absolute atomic E-state index is 0.0214. The van der Waals surface area contributed by atoms with Crippen LogP contribution in [0.25, 0.3) is 0 Å². The largest absolute Gasteiger partial charge is 0.305 e. The molecule has 0 aromatic carbocycles. The van der Waals surface area contributed by atoms with E-state index in [1.54, 1.807) is 6.92 Å². The monoisotopic (exact) mass is 242 g/mol. The highest BCUT2D eigenvalue weighted by molar-refractivity contribution is 4.81. The van der Waals surface area contributed by atoms with E-state index < -0.39 is 6.04 Å². The number of hydrogen-bond acceptors (Lipinski definition) is 3. The molecule has 17 heavy (non-hydrogen) atoms. The Kier molecular flexibility index (Phi) is 5.89. The highest BCUT2D eigenvalue weighted by atomic mass is 16.6. The van der Waals surface area contributed by atoms with Gasteiger partial charge < -0.3 is 5.32 Å². The van der Waals surface area contributed by atoms with Crippen LogP contribution in [0.2, 0.25) is 0 Å². The van der Waals surface area contributed by atoms with Crippen molar-refractivity contribution in [2.75, 3.05) is 0 Å². The molecule has 1 N–H and O–H groups in total. The number of nitrogens with zero attached hydrogens (tertiary/aromatic N) is 1. The predicted octanol–water partition coefficient (Wildman–Crippen LogP) is 2.99. The average Bonchev–Trinajstić information content (AvgIpc) is 2.28. The van der Waals surface area contributed by atoms with Gasteiger partial charge in [-0.05, 0) is 25.2 Å². The first-order chi connectivity index (χ1) is 8.00. The number of nitro groups is 1. The summed E-state index contributed by atoms with van der Waals surface area (Å²) < 4.78 is 0. The second-order valence-corrected chi connectivity index (χ2v) is 5.76. The summed E-state index contributed by atoms with van der Waals surface area (Å²) in [6, 6.07) is 0.0299. The molecule has 0 unspecified atom stereocenters. The molecule has 1 aliphatic rings. The Hall–Kier alpha value is -0.640. The second kappa shape index (κ2) is 6.94. The molecule has 1 fully saturated rings. The van der Waals surface area contributed by atoms with Crippen LogP contribution < -0.4 is 5.32 Å². The topological polar surface area (TPSA) is 55.2 Å². The van der Waals surface area contributed by atoms with Crippen molar-refractivity contribution in [3.63, 3.8) is 0 Å². The van der Waals surface area contributed by atoms with E-state index in [1.807, 2.05) is 0 Å². The van der Waals surface area contributed by atoms with Crippen LogP contribution in [-0.4, -0.2) is 23.0 Å². The van der Waals surface area contributed by atoms with Crippen molar-refractivity contribution in [3.05, 3.63) is 10.1 Å². The van der Waals surface area contributed by atoms with Gasteiger partial charge in [-0.15, -0.1) is 0 Å². The van der Waals surface area contributed by atoms with E-state index in [0.717, 1.165) is 6.42 Å². The molecule has 1 aliphatic carbocycles. The van der Waals surface area contributed by atoms with Crippen molar-refractivity contribution >= 4 is 0 Å². The summed E-state index contributed by atoms with van der Waals surface area (Å²) in [4.78, 5) is 10.8. The molecule has 0 saturated heterocycles.